The van der Waals surface area contributed by atoms with Crippen molar-refractivity contribution in [1.82, 2.24) is 0 Å². The topological polar surface area (TPSA) is 55.1 Å². The van der Waals surface area contributed by atoms with Gasteiger partial charge in [0.1, 0.15) is 6.04 Å². The lowest BCUT2D eigenvalue weighted by atomic mass is 10.1. The van der Waals surface area contributed by atoms with Crippen LogP contribution in [0.1, 0.15) is 11.6 Å². The van der Waals surface area contributed by atoms with Crippen molar-refractivity contribution in [3.8, 4) is 0 Å². The summed E-state index contributed by atoms with van der Waals surface area (Å²) in [6, 6.07) is 13.7. The van der Waals surface area contributed by atoms with Gasteiger partial charge in [-0.15, -0.1) is 0 Å². The van der Waals surface area contributed by atoms with Crippen molar-refractivity contribution in [3.05, 3.63) is 63.6 Å². The van der Waals surface area contributed by atoms with Crippen molar-refractivity contribution >= 4 is 39.1 Å². The van der Waals surface area contributed by atoms with Gasteiger partial charge in [-0.05, 0) is 39.7 Å². The van der Waals surface area contributed by atoms with Gasteiger partial charge in [0.15, 0.2) is 0 Å². The van der Waals surface area contributed by atoms with Crippen LogP contribution in [0.25, 0.3) is 0 Å². The van der Waals surface area contributed by atoms with E-state index in [0.29, 0.717) is 10.7 Å². The fourth-order valence-electron chi connectivity index (χ4n) is 1.62. The zero-order chi connectivity index (χ0) is 13.8. The van der Waals surface area contributed by atoms with Crippen molar-refractivity contribution in [2.75, 3.05) is 5.32 Å². The molecule has 2 aromatic rings. The largest absolute Gasteiger partial charge is 0.323 e. The second kappa shape index (κ2) is 6.19. The minimum atomic E-state index is -0.716. The Morgan fingerprint density at radius 2 is 1.89 bits per heavy atom. The number of carbonyl (C=O) groups is 1. The molecule has 3 nitrogen and oxygen atoms in total. The van der Waals surface area contributed by atoms with Gasteiger partial charge in [-0.3, -0.25) is 4.79 Å². The monoisotopic (exact) mass is 338 g/mol. The van der Waals surface area contributed by atoms with E-state index in [1.807, 2.05) is 30.3 Å². The first-order valence-corrected chi connectivity index (χ1v) is 6.81. The van der Waals surface area contributed by atoms with Gasteiger partial charge >= 0.3 is 0 Å². The van der Waals surface area contributed by atoms with Crippen LogP contribution < -0.4 is 11.1 Å². The Kier molecular flexibility index (Phi) is 4.58. The number of benzene rings is 2. The van der Waals surface area contributed by atoms with Crippen molar-refractivity contribution in [2.24, 2.45) is 5.73 Å². The molecule has 3 N–H and O–H groups in total. The molecule has 0 aromatic heterocycles. The zero-order valence-electron chi connectivity index (χ0n) is 9.94. The van der Waals surface area contributed by atoms with E-state index < -0.39 is 6.04 Å². The Bertz CT molecular complexity index is 589. The van der Waals surface area contributed by atoms with Crippen LogP contribution in [0.3, 0.4) is 0 Å². The molecule has 0 saturated carbocycles. The fourth-order valence-corrected chi connectivity index (χ4v) is 2.13. The van der Waals surface area contributed by atoms with Gasteiger partial charge in [0, 0.05) is 9.50 Å². The highest BCUT2D eigenvalue weighted by molar-refractivity contribution is 9.10. The summed E-state index contributed by atoms with van der Waals surface area (Å²) >= 11 is 9.24. The number of hydrogen-bond donors (Lipinski definition) is 2. The average molecular weight is 340 g/mol. The zero-order valence-corrected chi connectivity index (χ0v) is 12.3. The van der Waals surface area contributed by atoms with E-state index in [4.69, 9.17) is 17.3 Å². The average Bonchev–Trinajstić information content (AvgIpc) is 2.43. The first-order valence-electron chi connectivity index (χ1n) is 5.64. The first-order chi connectivity index (χ1) is 9.08. The Morgan fingerprint density at radius 1 is 1.21 bits per heavy atom. The third-order valence-electron chi connectivity index (χ3n) is 2.63. The predicted octanol–water partition coefficient (Wildman–Crippen LogP) is 3.74. The van der Waals surface area contributed by atoms with Crippen molar-refractivity contribution < 1.29 is 4.79 Å². The molecular formula is C14H12BrClN2O. The van der Waals surface area contributed by atoms with E-state index in [2.05, 4.69) is 21.2 Å². The molecule has 19 heavy (non-hydrogen) atoms. The third kappa shape index (κ3) is 3.56. The Balaban J connectivity index is 2.15. The molecule has 0 aliphatic heterocycles. The molecule has 0 saturated heterocycles. The van der Waals surface area contributed by atoms with Gasteiger partial charge in [0.25, 0.3) is 0 Å². The lowest BCUT2D eigenvalue weighted by Crippen LogP contribution is -2.27. The Labute approximate surface area is 124 Å². The van der Waals surface area contributed by atoms with Crippen molar-refractivity contribution in [3.63, 3.8) is 0 Å². The van der Waals surface area contributed by atoms with Crippen LogP contribution in [0.4, 0.5) is 5.69 Å². The molecule has 1 amide bonds. The number of carbonyl (C=O) groups excluding carboxylic acids is 1. The lowest BCUT2D eigenvalue weighted by Gasteiger charge is -2.13. The van der Waals surface area contributed by atoms with Crippen molar-refractivity contribution in [2.45, 2.75) is 6.04 Å². The maximum atomic E-state index is 12.1. The van der Waals surface area contributed by atoms with Gasteiger partial charge in [-0.2, -0.15) is 0 Å². The smallest absolute Gasteiger partial charge is 0.245 e. The number of nitrogens with two attached hydrogens (primary N) is 1. The molecule has 0 heterocycles. The summed E-state index contributed by atoms with van der Waals surface area (Å²) in [7, 11) is 0. The molecule has 98 valence electrons. The van der Waals surface area contributed by atoms with Crippen LogP contribution in [0, 0.1) is 0 Å². The van der Waals surface area contributed by atoms with Gasteiger partial charge in [0.2, 0.25) is 5.91 Å². The van der Waals surface area contributed by atoms with Crippen LogP contribution in [0.15, 0.2) is 53.0 Å². The van der Waals surface area contributed by atoms with E-state index in [9.17, 15) is 4.79 Å². The Hall–Kier alpha value is -1.36. The molecule has 2 rings (SSSR count). The second-order valence-electron chi connectivity index (χ2n) is 4.00. The number of hydrogen-bond acceptors (Lipinski definition) is 2. The molecule has 0 fully saturated rings. The van der Waals surface area contributed by atoms with Crippen LogP contribution in [-0.2, 0) is 4.79 Å². The molecule has 1 atom stereocenters. The minimum absolute atomic E-state index is 0.283. The number of anilines is 1. The highest BCUT2D eigenvalue weighted by atomic mass is 79.9. The molecule has 2 aromatic carbocycles. The normalized spacial score (nSPS) is 11.9. The Morgan fingerprint density at radius 3 is 2.58 bits per heavy atom. The number of rotatable bonds is 3. The van der Waals surface area contributed by atoms with Crippen LogP contribution >= 0.6 is 27.5 Å². The lowest BCUT2D eigenvalue weighted by molar-refractivity contribution is -0.117. The summed E-state index contributed by atoms with van der Waals surface area (Å²) in [6.07, 6.45) is 0. The summed E-state index contributed by atoms with van der Waals surface area (Å²) in [5.41, 5.74) is 7.28. The van der Waals surface area contributed by atoms with Gasteiger partial charge in [0.05, 0.1) is 5.69 Å². The standard InChI is InChI=1S/C14H12BrClN2O/c15-11-7-6-10(16)8-12(11)18-14(19)13(17)9-4-2-1-3-5-9/h1-8,13H,17H2,(H,18,19). The maximum absolute atomic E-state index is 12.1. The summed E-state index contributed by atoms with van der Waals surface area (Å²) in [5.74, 6) is -0.283. The van der Waals surface area contributed by atoms with E-state index in [1.54, 1.807) is 18.2 Å². The van der Waals surface area contributed by atoms with E-state index >= 15 is 0 Å². The molecule has 1 unspecified atom stereocenters. The summed E-state index contributed by atoms with van der Waals surface area (Å²) < 4.78 is 0.755. The highest BCUT2D eigenvalue weighted by Gasteiger charge is 2.16. The van der Waals surface area contributed by atoms with Crippen LogP contribution in [0.5, 0.6) is 0 Å². The minimum Gasteiger partial charge on any atom is -0.323 e. The van der Waals surface area contributed by atoms with Gasteiger partial charge < -0.3 is 11.1 Å². The second-order valence-corrected chi connectivity index (χ2v) is 5.29. The fraction of sp³-hybridized carbons (Fsp3) is 0.0714. The molecule has 0 spiro atoms. The molecule has 0 bridgehead atoms. The molecular weight excluding hydrogens is 328 g/mol. The summed E-state index contributed by atoms with van der Waals surface area (Å²) in [5, 5.41) is 3.30. The SMILES string of the molecule is NC(C(=O)Nc1cc(Cl)ccc1Br)c1ccccc1. The van der Waals surface area contributed by atoms with Crippen LogP contribution in [-0.4, -0.2) is 5.91 Å². The highest BCUT2D eigenvalue weighted by Crippen LogP contribution is 2.26. The van der Waals surface area contributed by atoms with Gasteiger partial charge in [-0.1, -0.05) is 41.9 Å². The number of nitrogens with one attached hydrogen (secondary N) is 1. The molecule has 5 heteroatoms. The number of halogens is 2. The molecule has 0 aliphatic carbocycles. The maximum Gasteiger partial charge on any atom is 0.245 e. The number of amides is 1. The summed E-state index contributed by atoms with van der Waals surface area (Å²) in [6.45, 7) is 0. The summed E-state index contributed by atoms with van der Waals surface area (Å²) in [4.78, 5) is 12.1. The van der Waals surface area contributed by atoms with E-state index in [-0.39, 0.29) is 5.91 Å². The van der Waals surface area contributed by atoms with Crippen molar-refractivity contribution in [1.29, 1.82) is 0 Å². The van der Waals surface area contributed by atoms with E-state index in [0.717, 1.165) is 10.0 Å². The van der Waals surface area contributed by atoms with Crippen LogP contribution in [0.2, 0.25) is 5.02 Å². The molecule has 0 radical (unpaired) electrons. The first kappa shape index (κ1) is 14.1. The predicted molar refractivity (Wildman–Crippen MR) is 81.2 cm³/mol. The molecule has 0 aliphatic rings. The van der Waals surface area contributed by atoms with Gasteiger partial charge in [-0.25, -0.2) is 0 Å². The quantitative estimate of drug-likeness (QED) is 0.895. The van der Waals surface area contributed by atoms with E-state index in [1.165, 1.54) is 0 Å². The third-order valence-corrected chi connectivity index (χ3v) is 3.55.